The summed E-state index contributed by atoms with van der Waals surface area (Å²) >= 11 is 1.66. The van der Waals surface area contributed by atoms with Gasteiger partial charge in [-0.2, -0.15) is 0 Å². The van der Waals surface area contributed by atoms with Crippen molar-refractivity contribution >= 4 is 40.1 Å². The van der Waals surface area contributed by atoms with Gasteiger partial charge in [0.2, 0.25) is 0 Å². The van der Waals surface area contributed by atoms with Crippen molar-refractivity contribution in [2.75, 3.05) is 6.26 Å². The Morgan fingerprint density at radius 2 is 1.67 bits per heavy atom. The molecule has 0 unspecified atom stereocenters. The van der Waals surface area contributed by atoms with Crippen LogP contribution in [0.5, 0.6) is 0 Å². The van der Waals surface area contributed by atoms with Crippen LogP contribution in [0.2, 0.25) is 0 Å². The van der Waals surface area contributed by atoms with Crippen LogP contribution in [0.4, 0.5) is 4.39 Å². The molecule has 148 valence electrons. The van der Waals surface area contributed by atoms with Gasteiger partial charge in [0, 0.05) is 33.3 Å². The fourth-order valence-electron chi connectivity index (χ4n) is 3.30. The van der Waals surface area contributed by atoms with E-state index in [0.717, 1.165) is 32.5 Å². The molecular weight excluding hydrogens is 395 g/mol. The fraction of sp³-hybridized carbons (Fsp3) is 0.0417. The molecule has 0 saturated heterocycles. The highest BCUT2D eigenvalue weighted by molar-refractivity contribution is 7.98. The van der Waals surface area contributed by atoms with Crippen LogP contribution in [0.3, 0.4) is 0 Å². The van der Waals surface area contributed by atoms with Crippen LogP contribution >= 0.6 is 11.8 Å². The molecule has 0 aliphatic carbocycles. The molecule has 3 aromatic carbocycles. The molecule has 0 amide bonds. The Kier molecular flexibility index (Phi) is 5.59. The van der Waals surface area contributed by atoms with Gasteiger partial charge in [-0.25, -0.2) is 14.4 Å². The van der Waals surface area contributed by atoms with Crippen LogP contribution in [0.15, 0.2) is 78.0 Å². The van der Waals surface area contributed by atoms with Gasteiger partial charge in [-0.1, -0.05) is 18.2 Å². The summed E-state index contributed by atoms with van der Waals surface area (Å²) in [5.74, 6) is -0.299. The number of nitrogens with two attached hydrogens (primary N) is 1. The molecule has 6 heteroatoms. The lowest BCUT2D eigenvalue weighted by Gasteiger charge is -2.11. The third-order valence-electron chi connectivity index (χ3n) is 4.90. The quantitative estimate of drug-likeness (QED) is 0.252. The number of aromatic nitrogens is 2. The molecular formula is C24H19FN4S. The lowest BCUT2D eigenvalue weighted by Crippen LogP contribution is -2.02. The lowest BCUT2D eigenvalue weighted by atomic mass is 9.97. The summed E-state index contributed by atoms with van der Waals surface area (Å²) in [5.41, 5.74) is 11.5. The van der Waals surface area contributed by atoms with E-state index in [1.165, 1.54) is 24.7 Å². The third kappa shape index (κ3) is 3.82. The molecule has 30 heavy (non-hydrogen) atoms. The summed E-state index contributed by atoms with van der Waals surface area (Å²) in [7, 11) is 0. The summed E-state index contributed by atoms with van der Waals surface area (Å²) in [4.78, 5) is 9.90. The summed E-state index contributed by atoms with van der Waals surface area (Å²) in [5, 5.41) is 8.78. The van der Waals surface area contributed by atoms with Crippen LogP contribution in [0.25, 0.3) is 33.4 Å². The Hall–Kier alpha value is -3.51. The molecule has 4 aromatic rings. The SMILES string of the molecule is CSc1ccc(C(N)=C(C=N)c2ccc3ncnc(-c4ccc(F)cc4)c3c2)cc1. The number of rotatable bonds is 5. The number of fused-ring (bicyclic) bond motifs is 1. The van der Waals surface area contributed by atoms with E-state index < -0.39 is 0 Å². The minimum absolute atomic E-state index is 0.299. The molecule has 4 rings (SSSR count). The van der Waals surface area contributed by atoms with Crippen LogP contribution in [-0.4, -0.2) is 22.4 Å². The minimum Gasteiger partial charge on any atom is -0.398 e. The highest BCUT2D eigenvalue weighted by atomic mass is 32.2. The predicted molar refractivity (Wildman–Crippen MR) is 123 cm³/mol. The van der Waals surface area contributed by atoms with Gasteiger partial charge in [0.15, 0.2) is 0 Å². The maximum absolute atomic E-state index is 13.4. The summed E-state index contributed by atoms with van der Waals surface area (Å²) < 4.78 is 13.4. The zero-order chi connectivity index (χ0) is 21.1. The van der Waals surface area contributed by atoms with Gasteiger partial charge >= 0.3 is 0 Å². The van der Waals surface area contributed by atoms with E-state index in [2.05, 4.69) is 9.97 Å². The van der Waals surface area contributed by atoms with E-state index in [4.69, 9.17) is 11.1 Å². The van der Waals surface area contributed by atoms with Crippen LogP contribution in [0.1, 0.15) is 11.1 Å². The number of hydrogen-bond donors (Lipinski definition) is 2. The number of nitrogens with one attached hydrogen (secondary N) is 1. The maximum Gasteiger partial charge on any atom is 0.123 e. The Balaban J connectivity index is 1.86. The standard InChI is InChI=1S/C24H19FN4S/c1-30-19-9-4-15(5-10-19)23(27)21(13-26)17-6-11-22-20(12-17)24(29-14-28-22)16-2-7-18(25)8-3-16/h2-14,26H,27H2,1H3. The van der Waals surface area contributed by atoms with Gasteiger partial charge in [0.1, 0.15) is 12.1 Å². The number of thioether (sulfide) groups is 1. The third-order valence-corrected chi connectivity index (χ3v) is 5.64. The van der Waals surface area contributed by atoms with Crippen molar-refractivity contribution in [1.82, 2.24) is 9.97 Å². The predicted octanol–water partition coefficient (Wildman–Crippen LogP) is 5.63. The van der Waals surface area contributed by atoms with Gasteiger partial charge in [0.25, 0.3) is 0 Å². The average molecular weight is 415 g/mol. The fourth-order valence-corrected chi connectivity index (χ4v) is 3.71. The van der Waals surface area contributed by atoms with Gasteiger partial charge in [-0.05, 0) is 65.9 Å². The summed E-state index contributed by atoms with van der Waals surface area (Å²) in [6.45, 7) is 0. The molecule has 0 atom stereocenters. The van der Waals surface area contributed by atoms with Gasteiger partial charge in [0.05, 0.1) is 11.2 Å². The smallest absolute Gasteiger partial charge is 0.123 e. The van der Waals surface area contributed by atoms with Gasteiger partial charge in [-0.3, -0.25) is 0 Å². The first-order chi connectivity index (χ1) is 14.6. The van der Waals surface area contributed by atoms with Crippen molar-refractivity contribution in [3.63, 3.8) is 0 Å². The lowest BCUT2D eigenvalue weighted by molar-refractivity contribution is 0.628. The minimum atomic E-state index is -0.299. The molecule has 0 aliphatic heterocycles. The largest absolute Gasteiger partial charge is 0.398 e. The first-order valence-corrected chi connectivity index (χ1v) is 10.5. The molecule has 1 aromatic heterocycles. The molecule has 3 N–H and O–H groups in total. The van der Waals surface area contributed by atoms with E-state index in [0.29, 0.717) is 17.0 Å². The highest BCUT2D eigenvalue weighted by Gasteiger charge is 2.12. The van der Waals surface area contributed by atoms with Crippen molar-refractivity contribution in [2.24, 2.45) is 5.73 Å². The van der Waals surface area contributed by atoms with Crippen molar-refractivity contribution < 1.29 is 4.39 Å². The number of allylic oxidation sites excluding steroid dienone is 1. The number of nitrogens with zero attached hydrogens (tertiary/aromatic N) is 2. The number of halogens is 1. The molecule has 0 aliphatic rings. The zero-order valence-electron chi connectivity index (χ0n) is 16.3. The molecule has 0 saturated carbocycles. The first-order valence-electron chi connectivity index (χ1n) is 9.26. The Morgan fingerprint density at radius 1 is 0.967 bits per heavy atom. The molecule has 0 spiro atoms. The Bertz CT molecular complexity index is 1250. The molecule has 4 nitrogen and oxygen atoms in total. The van der Waals surface area contributed by atoms with E-state index >= 15 is 0 Å². The second-order valence-electron chi connectivity index (χ2n) is 6.66. The van der Waals surface area contributed by atoms with E-state index in [1.807, 2.05) is 48.7 Å². The summed E-state index contributed by atoms with van der Waals surface area (Å²) in [6, 6.07) is 19.8. The first kappa shape index (κ1) is 19.8. The van der Waals surface area contributed by atoms with Crippen molar-refractivity contribution in [1.29, 1.82) is 5.41 Å². The van der Waals surface area contributed by atoms with Gasteiger partial charge in [-0.15, -0.1) is 11.8 Å². The topological polar surface area (TPSA) is 75.7 Å². The monoisotopic (exact) mass is 414 g/mol. The van der Waals surface area contributed by atoms with Crippen LogP contribution < -0.4 is 5.73 Å². The Labute approximate surface area is 178 Å². The average Bonchev–Trinajstić information content (AvgIpc) is 2.79. The Morgan fingerprint density at radius 3 is 2.33 bits per heavy atom. The molecule has 0 radical (unpaired) electrons. The van der Waals surface area contributed by atoms with Crippen molar-refractivity contribution in [3.8, 4) is 11.3 Å². The second kappa shape index (κ2) is 8.47. The molecule has 0 fully saturated rings. The number of benzene rings is 3. The van der Waals surface area contributed by atoms with E-state index in [-0.39, 0.29) is 5.82 Å². The molecule has 0 bridgehead atoms. The van der Waals surface area contributed by atoms with Gasteiger partial charge < -0.3 is 11.1 Å². The zero-order valence-corrected chi connectivity index (χ0v) is 17.1. The van der Waals surface area contributed by atoms with Crippen molar-refractivity contribution in [2.45, 2.75) is 4.90 Å². The van der Waals surface area contributed by atoms with E-state index in [9.17, 15) is 4.39 Å². The second-order valence-corrected chi connectivity index (χ2v) is 7.54. The summed E-state index contributed by atoms with van der Waals surface area (Å²) in [6.07, 6.45) is 4.78. The van der Waals surface area contributed by atoms with Crippen LogP contribution in [-0.2, 0) is 0 Å². The normalized spacial score (nSPS) is 11.9. The maximum atomic E-state index is 13.4. The van der Waals surface area contributed by atoms with E-state index in [1.54, 1.807) is 23.9 Å². The highest BCUT2D eigenvalue weighted by Crippen LogP contribution is 2.30. The molecule has 1 heterocycles. The van der Waals surface area contributed by atoms with Crippen LogP contribution in [0, 0.1) is 11.2 Å². The number of hydrogen-bond acceptors (Lipinski definition) is 5. The van der Waals surface area contributed by atoms with Crippen molar-refractivity contribution in [3.05, 3.63) is 90.0 Å².